The summed E-state index contributed by atoms with van der Waals surface area (Å²) in [7, 11) is 1.61. The van der Waals surface area contributed by atoms with Crippen molar-refractivity contribution in [1.29, 1.82) is 0 Å². The highest BCUT2D eigenvalue weighted by Crippen LogP contribution is 2.33. The van der Waals surface area contributed by atoms with E-state index in [0.717, 1.165) is 33.0 Å². The lowest BCUT2D eigenvalue weighted by Gasteiger charge is -2.31. The maximum atomic E-state index is 13.5. The van der Waals surface area contributed by atoms with E-state index in [1.165, 1.54) is 0 Å². The Morgan fingerprint density at radius 2 is 1.71 bits per heavy atom. The van der Waals surface area contributed by atoms with Crippen molar-refractivity contribution >= 4 is 38.5 Å². The fourth-order valence-electron chi connectivity index (χ4n) is 3.84. The van der Waals surface area contributed by atoms with Gasteiger partial charge in [0.2, 0.25) is 5.91 Å². The maximum absolute atomic E-state index is 13.5. The van der Waals surface area contributed by atoms with Gasteiger partial charge in [0.15, 0.2) is 6.61 Å². The number of nitrogens with one attached hydrogen (secondary N) is 1. The number of rotatable bonds is 11. The van der Waals surface area contributed by atoms with Crippen molar-refractivity contribution in [2.75, 3.05) is 13.7 Å². The Labute approximate surface area is 215 Å². The minimum Gasteiger partial charge on any atom is -0.497 e. The van der Waals surface area contributed by atoms with Crippen LogP contribution in [0.3, 0.4) is 0 Å². The predicted molar refractivity (Wildman–Crippen MR) is 143 cm³/mol. The third-order valence-electron chi connectivity index (χ3n) is 6.08. The summed E-state index contributed by atoms with van der Waals surface area (Å²) < 4.78 is 12.0. The van der Waals surface area contributed by atoms with E-state index in [-0.39, 0.29) is 31.0 Å². The Morgan fingerprint density at radius 1 is 1.00 bits per heavy atom. The second-order valence-corrected chi connectivity index (χ2v) is 9.29. The first-order chi connectivity index (χ1) is 16.9. The van der Waals surface area contributed by atoms with Crippen molar-refractivity contribution in [3.8, 4) is 11.5 Å². The van der Waals surface area contributed by atoms with Crippen LogP contribution < -0.4 is 14.8 Å². The van der Waals surface area contributed by atoms with Gasteiger partial charge in [0.1, 0.15) is 17.5 Å². The monoisotopic (exact) mass is 540 g/mol. The fraction of sp³-hybridized carbons (Fsp3) is 0.357. The lowest BCUT2D eigenvalue weighted by atomic mass is 10.1. The molecule has 0 aliphatic heterocycles. The van der Waals surface area contributed by atoms with Gasteiger partial charge < -0.3 is 19.7 Å². The summed E-state index contributed by atoms with van der Waals surface area (Å²) in [6.07, 6.45) is 1.30. The fourth-order valence-corrected chi connectivity index (χ4v) is 4.44. The van der Waals surface area contributed by atoms with E-state index in [2.05, 4.69) is 21.2 Å². The van der Waals surface area contributed by atoms with Gasteiger partial charge in [-0.1, -0.05) is 56.3 Å². The molecule has 3 rings (SSSR count). The van der Waals surface area contributed by atoms with Gasteiger partial charge in [0.05, 0.1) is 11.6 Å². The number of halogens is 1. The Morgan fingerprint density at radius 3 is 2.37 bits per heavy atom. The topological polar surface area (TPSA) is 67.9 Å². The first-order valence-corrected chi connectivity index (χ1v) is 12.7. The molecule has 7 heteroatoms. The van der Waals surface area contributed by atoms with Crippen LogP contribution in [0.5, 0.6) is 11.5 Å². The van der Waals surface area contributed by atoms with Crippen LogP contribution in [-0.4, -0.2) is 42.5 Å². The van der Waals surface area contributed by atoms with Crippen molar-refractivity contribution in [2.45, 2.75) is 52.2 Å². The van der Waals surface area contributed by atoms with Gasteiger partial charge in [0, 0.05) is 12.6 Å². The van der Waals surface area contributed by atoms with E-state index in [0.29, 0.717) is 12.2 Å². The average molecular weight is 541 g/mol. The SMILES string of the molecule is CC[C@@H](C)NC(=O)[C@@H](CC)N(Cc1ccc(OC)cc1)C(=O)COc1ccc2ccccc2c1Br. The average Bonchev–Trinajstić information content (AvgIpc) is 2.88. The molecule has 0 radical (unpaired) electrons. The molecule has 6 nitrogen and oxygen atoms in total. The van der Waals surface area contributed by atoms with Crippen molar-refractivity contribution in [2.24, 2.45) is 0 Å². The number of carbonyl (C=O) groups excluding carboxylic acids is 2. The molecule has 35 heavy (non-hydrogen) atoms. The first kappa shape index (κ1) is 26.5. The predicted octanol–water partition coefficient (Wildman–Crippen LogP) is 5.71. The smallest absolute Gasteiger partial charge is 0.261 e. The summed E-state index contributed by atoms with van der Waals surface area (Å²) in [4.78, 5) is 28.1. The van der Waals surface area contributed by atoms with E-state index < -0.39 is 6.04 Å². The normalized spacial score (nSPS) is 12.6. The molecule has 2 amide bonds. The number of hydrogen-bond acceptors (Lipinski definition) is 4. The highest BCUT2D eigenvalue weighted by molar-refractivity contribution is 9.10. The van der Waals surface area contributed by atoms with Crippen LogP contribution in [0.2, 0.25) is 0 Å². The molecule has 0 saturated carbocycles. The molecule has 0 bridgehead atoms. The zero-order valence-electron chi connectivity index (χ0n) is 20.7. The van der Waals surface area contributed by atoms with Gasteiger partial charge in [-0.25, -0.2) is 0 Å². The van der Waals surface area contributed by atoms with Crippen LogP contribution in [0.4, 0.5) is 0 Å². The molecule has 0 unspecified atom stereocenters. The molecule has 0 spiro atoms. The van der Waals surface area contributed by atoms with Crippen LogP contribution in [0.15, 0.2) is 65.1 Å². The number of fused-ring (bicyclic) bond motifs is 1. The lowest BCUT2D eigenvalue weighted by molar-refractivity contribution is -0.143. The number of methoxy groups -OCH3 is 1. The van der Waals surface area contributed by atoms with Crippen molar-refractivity contribution < 1.29 is 19.1 Å². The molecule has 0 fully saturated rings. The first-order valence-electron chi connectivity index (χ1n) is 11.9. The molecule has 3 aromatic rings. The maximum Gasteiger partial charge on any atom is 0.261 e. The third-order valence-corrected chi connectivity index (χ3v) is 6.90. The minimum absolute atomic E-state index is 0.0271. The molecule has 0 heterocycles. The van der Waals surface area contributed by atoms with Crippen molar-refractivity contribution in [1.82, 2.24) is 10.2 Å². The number of ether oxygens (including phenoxy) is 2. The molecule has 0 aliphatic carbocycles. The molecule has 0 saturated heterocycles. The Balaban J connectivity index is 1.82. The zero-order chi connectivity index (χ0) is 25.4. The number of carbonyl (C=O) groups is 2. The minimum atomic E-state index is -0.609. The van der Waals surface area contributed by atoms with Crippen LogP contribution >= 0.6 is 15.9 Å². The van der Waals surface area contributed by atoms with Gasteiger partial charge in [-0.15, -0.1) is 0 Å². The van der Waals surface area contributed by atoms with Crippen LogP contribution in [0.25, 0.3) is 10.8 Å². The van der Waals surface area contributed by atoms with Crippen LogP contribution in [-0.2, 0) is 16.1 Å². The number of benzene rings is 3. The number of amides is 2. The summed E-state index contributed by atoms with van der Waals surface area (Å²) in [5.41, 5.74) is 0.904. The summed E-state index contributed by atoms with van der Waals surface area (Å²) in [6.45, 7) is 6.00. The summed E-state index contributed by atoms with van der Waals surface area (Å²) in [5, 5.41) is 5.10. The highest BCUT2D eigenvalue weighted by atomic mass is 79.9. The Hall–Kier alpha value is -3.06. The lowest BCUT2D eigenvalue weighted by Crippen LogP contribution is -2.51. The molecule has 3 aromatic carbocycles. The quantitative estimate of drug-likeness (QED) is 0.338. The van der Waals surface area contributed by atoms with Gasteiger partial charge >= 0.3 is 0 Å². The Kier molecular flexibility index (Phi) is 9.55. The summed E-state index contributed by atoms with van der Waals surface area (Å²) in [6, 6.07) is 18.7. The molecule has 2 atom stereocenters. The summed E-state index contributed by atoms with van der Waals surface area (Å²) in [5.74, 6) is 0.902. The van der Waals surface area contributed by atoms with E-state index >= 15 is 0 Å². The molecular weight excluding hydrogens is 508 g/mol. The zero-order valence-corrected chi connectivity index (χ0v) is 22.3. The molecule has 1 N–H and O–H groups in total. The van der Waals surface area contributed by atoms with Gasteiger partial charge in [-0.05, 0) is 70.2 Å². The van der Waals surface area contributed by atoms with Crippen LogP contribution in [0.1, 0.15) is 39.2 Å². The summed E-state index contributed by atoms with van der Waals surface area (Å²) >= 11 is 3.61. The van der Waals surface area contributed by atoms with E-state index in [4.69, 9.17) is 9.47 Å². The third kappa shape index (κ3) is 6.75. The highest BCUT2D eigenvalue weighted by Gasteiger charge is 2.29. The van der Waals surface area contributed by atoms with E-state index in [9.17, 15) is 9.59 Å². The molecule has 0 aromatic heterocycles. The molecule has 0 aliphatic rings. The molecule has 186 valence electrons. The molecular formula is C28H33BrN2O4. The van der Waals surface area contributed by atoms with Crippen molar-refractivity contribution in [3.63, 3.8) is 0 Å². The number of hydrogen-bond donors (Lipinski definition) is 1. The van der Waals surface area contributed by atoms with Gasteiger partial charge in [-0.3, -0.25) is 9.59 Å². The van der Waals surface area contributed by atoms with Gasteiger partial charge in [-0.2, -0.15) is 0 Å². The van der Waals surface area contributed by atoms with Gasteiger partial charge in [0.25, 0.3) is 5.91 Å². The Bertz CT molecular complexity index is 1150. The van der Waals surface area contributed by atoms with Crippen LogP contribution in [0, 0.1) is 0 Å². The largest absolute Gasteiger partial charge is 0.497 e. The standard InChI is InChI=1S/C28H33BrN2O4/c1-5-19(3)30-28(33)24(6-2)31(17-20-11-14-22(34-4)15-12-20)26(32)18-35-25-16-13-21-9-7-8-10-23(21)27(25)29/h7-16,19,24H,5-6,17-18H2,1-4H3,(H,30,33)/t19-,24-/m1/s1. The second kappa shape index (κ2) is 12.6. The van der Waals surface area contributed by atoms with E-state index in [1.54, 1.807) is 12.0 Å². The van der Waals surface area contributed by atoms with E-state index in [1.807, 2.05) is 81.4 Å². The second-order valence-electron chi connectivity index (χ2n) is 8.50. The van der Waals surface area contributed by atoms with Crippen molar-refractivity contribution in [3.05, 3.63) is 70.7 Å². The number of nitrogens with zero attached hydrogens (tertiary/aromatic N) is 1.